The van der Waals surface area contributed by atoms with Crippen molar-refractivity contribution in [3.05, 3.63) is 78.4 Å². The summed E-state index contributed by atoms with van der Waals surface area (Å²) >= 11 is 0. The molecule has 1 aliphatic rings. The second-order valence-corrected chi connectivity index (χ2v) is 7.76. The number of imidazole rings is 1. The summed E-state index contributed by atoms with van der Waals surface area (Å²) in [5, 5.41) is 3.40. The summed E-state index contributed by atoms with van der Waals surface area (Å²) in [6.45, 7) is 4.44. The quantitative estimate of drug-likeness (QED) is 0.524. The molecule has 1 saturated heterocycles. The van der Waals surface area contributed by atoms with Crippen molar-refractivity contribution in [1.29, 1.82) is 0 Å². The molecule has 1 fully saturated rings. The number of anilines is 1. The van der Waals surface area contributed by atoms with Crippen LogP contribution in [0.4, 0.5) is 5.82 Å². The monoisotopic (exact) mass is 428 g/mol. The van der Waals surface area contributed by atoms with Crippen LogP contribution in [-0.4, -0.2) is 56.6 Å². The van der Waals surface area contributed by atoms with Gasteiger partial charge in [-0.2, -0.15) is 0 Å². The summed E-state index contributed by atoms with van der Waals surface area (Å²) in [6, 6.07) is 15.8. The van der Waals surface area contributed by atoms with Gasteiger partial charge in [-0.25, -0.2) is 9.97 Å². The van der Waals surface area contributed by atoms with Crippen LogP contribution in [0.25, 0.3) is 16.9 Å². The minimum Gasteiger partial charge on any atom is -0.378 e. The first kappa shape index (κ1) is 20.1. The maximum atomic E-state index is 12.9. The third-order valence-corrected chi connectivity index (χ3v) is 5.63. The zero-order valence-corrected chi connectivity index (χ0v) is 17.8. The molecule has 1 aliphatic heterocycles. The minimum absolute atomic E-state index is 0.00105. The van der Waals surface area contributed by atoms with Gasteiger partial charge in [-0.15, -0.1) is 0 Å². The highest BCUT2D eigenvalue weighted by Gasteiger charge is 2.19. The molecule has 0 bridgehead atoms. The number of morpholine rings is 1. The van der Waals surface area contributed by atoms with Crippen LogP contribution in [0.1, 0.15) is 28.9 Å². The van der Waals surface area contributed by atoms with Crippen LogP contribution in [0.5, 0.6) is 0 Å². The molecule has 0 spiro atoms. The van der Waals surface area contributed by atoms with E-state index < -0.39 is 0 Å². The highest BCUT2D eigenvalue weighted by molar-refractivity contribution is 5.97. The molecule has 0 aliphatic carbocycles. The number of nitrogens with one attached hydrogen (secondary N) is 1. The van der Waals surface area contributed by atoms with E-state index in [-0.39, 0.29) is 11.9 Å². The first-order chi connectivity index (χ1) is 15.7. The number of hydrogen-bond donors (Lipinski definition) is 1. The van der Waals surface area contributed by atoms with Gasteiger partial charge in [-0.05, 0) is 30.7 Å². The van der Waals surface area contributed by atoms with Crippen LogP contribution < -0.4 is 5.32 Å². The molecule has 2 aromatic carbocycles. The Hall–Kier alpha value is -3.78. The number of aromatic nitrogens is 4. The predicted molar refractivity (Wildman–Crippen MR) is 122 cm³/mol. The Morgan fingerprint density at radius 1 is 1.09 bits per heavy atom. The Kier molecular flexibility index (Phi) is 5.51. The Morgan fingerprint density at radius 2 is 1.91 bits per heavy atom. The Bertz CT molecular complexity index is 1230. The van der Waals surface area contributed by atoms with Crippen LogP contribution in [-0.2, 0) is 4.74 Å². The van der Waals surface area contributed by atoms with E-state index in [1.165, 1.54) is 5.56 Å². The van der Waals surface area contributed by atoms with Crippen LogP contribution in [0, 0.1) is 0 Å². The van der Waals surface area contributed by atoms with Crippen molar-refractivity contribution in [1.82, 2.24) is 24.4 Å². The maximum Gasteiger partial charge on any atom is 0.254 e. The number of fused-ring (bicyclic) bond motifs is 1. The van der Waals surface area contributed by atoms with Gasteiger partial charge in [0.15, 0.2) is 5.82 Å². The molecule has 3 heterocycles. The fraction of sp³-hybridized carbons (Fsp3) is 0.250. The van der Waals surface area contributed by atoms with E-state index in [1.54, 1.807) is 18.7 Å². The number of rotatable bonds is 5. The molecule has 162 valence electrons. The topological polar surface area (TPSA) is 85.2 Å². The number of amides is 1. The molecule has 4 aromatic rings. The van der Waals surface area contributed by atoms with Crippen molar-refractivity contribution in [3.63, 3.8) is 0 Å². The summed E-state index contributed by atoms with van der Waals surface area (Å²) in [5.41, 5.74) is 3.40. The van der Waals surface area contributed by atoms with Crippen LogP contribution in [0.3, 0.4) is 0 Å². The first-order valence-corrected chi connectivity index (χ1v) is 10.7. The average molecular weight is 428 g/mol. The first-order valence-electron chi connectivity index (χ1n) is 10.7. The van der Waals surface area contributed by atoms with E-state index >= 15 is 0 Å². The predicted octanol–water partition coefficient (Wildman–Crippen LogP) is 3.46. The molecule has 0 saturated carbocycles. The fourth-order valence-corrected chi connectivity index (χ4v) is 3.86. The van der Waals surface area contributed by atoms with Gasteiger partial charge in [0.25, 0.3) is 5.91 Å². The molecule has 1 N–H and O–H groups in total. The van der Waals surface area contributed by atoms with Gasteiger partial charge in [-0.1, -0.05) is 30.3 Å². The number of ether oxygens (including phenoxy) is 1. The van der Waals surface area contributed by atoms with Crippen molar-refractivity contribution in [2.24, 2.45) is 0 Å². The summed E-state index contributed by atoms with van der Waals surface area (Å²) in [6.07, 6.45) is 5.10. The van der Waals surface area contributed by atoms with Gasteiger partial charge in [0.05, 0.1) is 36.6 Å². The highest BCUT2D eigenvalue weighted by Crippen LogP contribution is 2.22. The van der Waals surface area contributed by atoms with E-state index in [9.17, 15) is 4.79 Å². The lowest BCUT2D eigenvalue weighted by molar-refractivity contribution is 0.0303. The third kappa shape index (κ3) is 4.04. The summed E-state index contributed by atoms with van der Waals surface area (Å²) in [5.74, 6) is 1.30. The zero-order chi connectivity index (χ0) is 21.9. The SMILES string of the molecule is CC(Nc1cncc(-n2cnc3ccc(C(=O)N4CCOCC4)cc32)n1)c1ccccc1. The van der Waals surface area contributed by atoms with Gasteiger partial charge in [0.1, 0.15) is 12.1 Å². The Balaban J connectivity index is 1.43. The summed E-state index contributed by atoms with van der Waals surface area (Å²) < 4.78 is 7.22. The van der Waals surface area contributed by atoms with Crippen molar-refractivity contribution in [2.75, 3.05) is 31.6 Å². The number of nitrogens with zero attached hydrogens (tertiary/aromatic N) is 5. The third-order valence-electron chi connectivity index (χ3n) is 5.63. The molecule has 8 heteroatoms. The van der Waals surface area contributed by atoms with Crippen LogP contribution >= 0.6 is 0 Å². The second kappa shape index (κ2) is 8.76. The summed E-state index contributed by atoms with van der Waals surface area (Å²) in [4.78, 5) is 28.3. The fourth-order valence-electron chi connectivity index (χ4n) is 3.86. The molecule has 1 amide bonds. The van der Waals surface area contributed by atoms with Crippen molar-refractivity contribution >= 4 is 22.8 Å². The standard InChI is InChI=1S/C24H24N6O2/c1-17(18-5-3-2-4-6-18)27-22-14-25-15-23(28-22)30-16-26-20-8-7-19(13-21(20)30)24(31)29-9-11-32-12-10-29/h2-8,13-17H,9-12H2,1H3,(H,27,28). The Morgan fingerprint density at radius 3 is 2.72 bits per heavy atom. The average Bonchev–Trinajstić information content (AvgIpc) is 3.28. The lowest BCUT2D eigenvalue weighted by atomic mass is 10.1. The van der Waals surface area contributed by atoms with Crippen molar-refractivity contribution in [3.8, 4) is 5.82 Å². The van der Waals surface area contributed by atoms with Gasteiger partial charge in [0.2, 0.25) is 0 Å². The van der Waals surface area contributed by atoms with E-state index in [1.807, 2.05) is 45.9 Å². The molecule has 32 heavy (non-hydrogen) atoms. The number of benzene rings is 2. The smallest absolute Gasteiger partial charge is 0.254 e. The molecule has 2 aromatic heterocycles. The molecular weight excluding hydrogens is 404 g/mol. The maximum absolute atomic E-state index is 12.9. The van der Waals surface area contributed by atoms with Gasteiger partial charge in [0, 0.05) is 24.7 Å². The minimum atomic E-state index is 0.00105. The van der Waals surface area contributed by atoms with Crippen molar-refractivity contribution < 1.29 is 9.53 Å². The van der Waals surface area contributed by atoms with E-state index in [0.29, 0.717) is 43.5 Å². The van der Waals surface area contributed by atoms with E-state index in [2.05, 4.69) is 34.3 Å². The second-order valence-electron chi connectivity index (χ2n) is 7.76. The molecule has 0 radical (unpaired) electrons. The normalized spacial score (nSPS) is 15.0. The Labute approximate surface area is 185 Å². The molecule has 1 atom stereocenters. The highest BCUT2D eigenvalue weighted by atomic mass is 16.5. The van der Waals surface area contributed by atoms with E-state index in [4.69, 9.17) is 9.72 Å². The molecule has 5 rings (SSSR count). The van der Waals surface area contributed by atoms with Crippen molar-refractivity contribution in [2.45, 2.75) is 13.0 Å². The van der Waals surface area contributed by atoms with Crippen LogP contribution in [0.15, 0.2) is 67.3 Å². The van der Waals surface area contributed by atoms with Crippen LogP contribution in [0.2, 0.25) is 0 Å². The summed E-state index contributed by atoms with van der Waals surface area (Å²) in [7, 11) is 0. The molecule has 1 unspecified atom stereocenters. The number of carbonyl (C=O) groups excluding carboxylic acids is 1. The van der Waals surface area contributed by atoms with Gasteiger partial charge in [-0.3, -0.25) is 14.3 Å². The lowest BCUT2D eigenvalue weighted by Crippen LogP contribution is -2.40. The number of hydrogen-bond acceptors (Lipinski definition) is 6. The van der Waals surface area contributed by atoms with Gasteiger partial charge >= 0.3 is 0 Å². The zero-order valence-electron chi connectivity index (χ0n) is 17.8. The molecular formula is C24H24N6O2. The lowest BCUT2D eigenvalue weighted by Gasteiger charge is -2.26. The molecule has 8 nitrogen and oxygen atoms in total. The van der Waals surface area contributed by atoms with Gasteiger partial charge < -0.3 is 15.0 Å². The van der Waals surface area contributed by atoms with E-state index in [0.717, 1.165) is 11.0 Å². The largest absolute Gasteiger partial charge is 0.378 e. The number of carbonyl (C=O) groups is 1.